The molecular formula is C24H21N3O3S. The Morgan fingerprint density at radius 1 is 1.10 bits per heavy atom. The van der Waals surface area contributed by atoms with Crippen LogP contribution in [0.5, 0.6) is 0 Å². The topological polar surface area (TPSA) is 75.4 Å². The maximum atomic E-state index is 13.1. The second kappa shape index (κ2) is 8.35. The van der Waals surface area contributed by atoms with Gasteiger partial charge in [0.25, 0.3) is 5.91 Å². The molecule has 1 N–H and O–H groups in total. The Kier molecular flexibility index (Phi) is 5.26. The molecule has 0 aliphatic carbocycles. The van der Waals surface area contributed by atoms with Gasteiger partial charge in [0.15, 0.2) is 0 Å². The molecule has 1 atom stereocenters. The quantitative estimate of drug-likeness (QED) is 0.491. The van der Waals surface area contributed by atoms with Crippen molar-refractivity contribution in [1.29, 1.82) is 0 Å². The van der Waals surface area contributed by atoms with Gasteiger partial charge in [-0.15, -0.1) is 11.3 Å². The molecule has 31 heavy (non-hydrogen) atoms. The number of aromatic nitrogens is 1. The lowest BCUT2D eigenvalue weighted by Gasteiger charge is -2.32. The molecule has 2 amide bonds. The van der Waals surface area contributed by atoms with Crippen LogP contribution in [0.25, 0.3) is 20.8 Å². The molecular weight excluding hydrogens is 410 g/mol. The number of nitrogens with zero attached hydrogens (tertiary/aromatic N) is 2. The lowest BCUT2D eigenvalue weighted by Crippen LogP contribution is -2.43. The number of nitrogens with one attached hydrogen (secondary N) is 1. The number of rotatable bonds is 4. The molecule has 1 aliphatic heterocycles. The first-order valence-corrected chi connectivity index (χ1v) is 11.1. The van der Waals surface area contributed by atoms with Crippen molar-refractivity contribution in [2.24, 2.45) is 5.92 Å². The highest BCUT2D eigenvalue weighted by atomic mass is 32.1. The van der Waals surface area contributed by atoms with E-state index in [0.29, 0.717) is 18.7 Å². The van der Waals surface area contributed by atoms with E-state index in [9.17, 15) is 9.59 Å². The van der Waals surface area contributed by atoms with Crippen LogP contribution in [-0.4, -0.2) is 34.8 Å². The van der Waals surface area contributed by atoms with Crippen molar-refractivity contribution in [3.63, 3.8) is 0 Å². The SMILES string of the molecule is O=C(Nc1ccccc1-c1nc2ccccc2s1)C1CCCN(C(=O)c2ccoc2)C1. The summed E-state index contributed by atoms with van der Waals surface area (Å²) in [5, 5.41) is 3.96. The predicted molar refractivity (Wildman–Crippen MR) is 121 cm³/mol. The van der Waals surface area contributed by atoms with E-state index in [1.807, 2.05) is 48.5 Å². The van der Waals surface area contributed by atoms with E-state index >= 15 is 0 Å². The van der Waals surface area contributed by atoms with Crippen molar-refractivity contribution in [2.75, 3.05) is 18.4 Å². The Bertz CT molecular complexity index is 1200. The van der Waals surface area contributed by atoms with Gasteiger partial charge in [0.2, 0.25) is 5.91 Å². The largest absolute Gasteiger partial charge is 0.472 e. The number of furan rings is 1. The summed E-state index contributed by atoms with van der Waals surface area (Å²) in [4.78, 5) is 32.2. The van der Waals surface area contributed by atoms with Gasteiger partial charge < -0.3 is 14.6 Å². The summed E-state index contributed by atoms with van der Waals surface area (Å²) in [5.41, 5.74) is 3.11. The summed E-state index contributed by atoms with van der Waals surface area (Å²) in [6, 6.07) is 17.4. The van der Waals surface area contributed by atoms with E-state index in [1.54, 1.807) is 22.3 Å². The van der Waals surface area contributed by atoms with Crippen molar-refractivity contribution in [1.82, 2.24) is 9.88 Å². The molecule has 0 bridgehead atoms. The molecule has 0 radical (unpaired) electrons. The molecule has 2 aromatic carbocycles. The second-order valence-electron chi connectivity index (χ2n) is 7.62. The number of carbonyl (C=O) groups is 2. The standard InChI is InChI=1S/C24H21N3O3S/c28-22(16-6-5-12-27(14-16)24(29)17-11-13-30-15-17)25-19-8-2-1-7-18(19)23-26-20-9-3-4-10-21(20)31-23/h1-4,7-11,13,15-16H,5-6,12,14H2,(H,25,28). The first kappa shape index (κ1) is 19.5. The fourth-order valence-corrected chi connectivity index (χ4v) is 4.95. The van der Waals surface area contributed by atoms with E-state index in [0.717, 1.165) is 39.3 Å². The van der Waals surface area contributed by atoms with Crippen LogP contribution in [0.4, 0.5) is 5.69 Å². The van der Waals surface area contributed by atoms with Crippen LogP contribution in [0.2, 0.25) is 0 Å². The fourth-order valence-electron chi connectivity index (χ4n) is 3.95. The number of fused-ring (bicyclic) bond motifs is 1. The minimum atomic E-state index is -0.256. The zero-order chi connectivity index (χ0) is 21.2. The number of para-hydroxylation sites is 2. The first-order chi connectivity index (χ1) is 15.2. The van der Waals surface area contributed by atoms with E-state index in [4.69, 9.17) is 9.40 Å². The molecule has 3 heterocycles. The van der Waals surface area contributed by atoms with Crippen LogP contribution in [0.15, 0.2) is 71.5 Å². The monoisotopic (exact) mass is 431 g/mol. The Labute approximate surface area is 183 Å². The van der Waals surface area contributed by atoms with Gasteiger partial charge in [-0.1, -0.05) is 24.3 Å². The lowest BCUT2D eigenvalue weighted by molar-refractivity contribution is -0.121. The highest BCUT2D eigenvalue weighted by molar-refractivity contribution is 7.21. The van der Waals surface area contributed by atoms with Crippen LogP contribution < -0.4 is 5.32 Å². The summed E-state index contributed by atoms with van der Waals surface area (Å²) < 4.78 is 6.14. The van der Waals surface area contributed by atoms with Crippen molar-refractivity contribution < 1.29 is 14.0 Å². The van der Waals surface area contributed by atoms with E-state index in [2.05, 4.69) is 5.32 Å². The number of piperidine rings is 1. The van der Waals surface area contributed by atoms with Crippen molar-refractivity contribution in [3.8, 4) is 10.6 Å². The summed E-state index contributed by atoms with van der Waals surface area (Å²) in [6.45, 7) is 1.05. The molecule has 1 fully saturated rings. The molecule has 0 spiro atoms. The zero-order valence-corrected chi connectivity index (χ0v) is 17.6. The van der Waals surface area contributed by atoms with Crippen LogP contribution in [0.3, 0.4) is 0 Å². The number of benzene rings is 2. The first-order valence-electron chi connectivity index (χ1n) is 10.3. The number of amides is 2. The molecule has 0 saturated carbocycles. The molecule has 1 aliphatic rings. The predicted octanol–water partition coefficient (Wildman–Crippen LogP) is 5.05. The molecule has 4 aromatic rings. The van der Waals surface area contributed by atoms with E-state index < -0.39 is 0 Å². The van der Waals surface area contributed by atoms with Crippen molar-refractivity contribution >= 4 is 39.1 Å². The van der Waals surface area contributed by atoms with Crippen LogP contribution in [0, 0.1) is 5.92 Å². The number of hydrogen-bond donors (Lipinski definition) is 1. The van der Waals surface area contributed by atoms with Gasteiger partial charge in [0.05, 0.1) is 33.6 Å². The minimum absolute atomic E-state index is 0.0711. The van der Waals surface area contributed by atoms with Crippen molar-refractivity contribution in [3.05, 3.63) is 72.7 Å². The van der Waals surface area contributed by atoms with Crippen LogP contribution in [0.1, 0.15) is 23.2 Å². The van der Waals surface area contributed by atoms with Crippen LogP contribution >= 0.6 is 11.3 Å². The molecule has 2 aromatic heterocycles. The minimum Gasteiger partial charge on any atom is -0.472 e. The van der Waals surface area contributed by atoms with Gasteiger partial charge in [0, 0.05) is 18.7 Å². The average Bonchev–Trinajstić information content (AvgIpc) is 3.49. The van der Waals surface area contributed by atoms with Crippen molar-refractivity contribution in [2.45, 2.75) is 12.8 Å². The Hall–Kier alpha value is -3.45. The maximum absolute atomic E-state index is 13.1. The molecule has 1 unspecified atom stereocenters. The maximum Gasteiger partial charge on any atom is 0.257 e. The van der Waals surface area contributed by atoms with Gasteiger partial charge in [-0.3, -0.25) is 9.59 Å². The summed E-state index contributed by atoms with van der Waals surface area (Å²) in [6.07, 6.45) is 4.48. The number of hydrogen-bond acceptors (Lipinski definition) is 5. The molecule has 156 valence electrons. The third kappa shape index (κ3) is 3.96. The highest BCUT2D eigenvalue weighted by Crippen LogP contribution is 2.34. The lowest BCUT2D eigenvalue weighted by atomic mass is 9.96. The zero-order valence-electron chi connectivity index (χ0n) is 16.8. The Balaban J connectivity index is 1.34. The number of anilines is 1. The second-order valence-corrected chi connectivity index (χ2v) is 8.65. The average molecular weight is 432 g/mol. The van der Waals surface area contributed by atoms with Gasteiger partial charge >= 0.3 is 0 Å². The number of likely N-dealkylation sites (tertiary alicyclic amines) is 1. The number of thiazole rings is 1. The molecule has 6 nitrogen and oxygen atoms in total. The van der Waals surface area contributed by atoms with E-state index in [-0.39, 0.29) is 17.7 Å². The third-order valence-corrected chi connectivity index (χ3v) is 6.63. The highest BCUT2D eigenvalue weighted by Gasteiger charge is 2.29. The van der Waals surface area contributed by atoms with Gasteiger partial charge in [-0.05, 0) is 43.2 Å². The number of carbonyl (C=O) groups excluding carboxylic acids is 2. The normalized spacial score (nSPS) is 16.4. The fraction of sp³-hybridized carbons (Fsp3) is 0.208. The molecule has 1 saturated heterocycles. The van der Waals surface area contributed by atoms with Gasteiger partial charge in [0.1, 0.15) is 11.3 Å². The summed E-state index contributed by atoms with van der Waals surface area (Å²) in [7, 11) is 0. The molecule has 5 rings (SSSR count). The Morgan fingerprint density at radius 2 is 1.94 bits per heavy atom. The van der Waals surface area contributed by atoms with Gasteiger partial charge in [-0.25, -0.2) is 4.98 Å². The van der Waals surface area contributed by atoms with Gasteiger partial charge in [-0.2, -0.15) is 0 Å². The Morgan fingerprint density at radius 3 is 2.77 bits per heavy atom. The third-order valence-electron chi connectivity index (χ3n) is 5.56. The summed E-state index contributed by atoms with van der Waals surface area (Å²) in [5.74, 6) is -0.424. The smallest absolute Gasteiger partial charge is 0.257 e. The van der Waals surface area contributed by atoms with Crippen LogP contribution in [-0.2, 0) is 4.79 Å². The molecule has 7 heteroatoms. The van der Waals surface area contributed by atoms with E-state index in [1.165, 1.54) is 12.5 Å². The summed E-state index contributed by atoms with van der Waals surface area (Å²) >= 11 is 1.61.